The second-order valence-corrected chi connectivity index (χ2v) is 2.63. The molecule has 2 aromatic heterocycles. The van der Waals surface area contributed by atoms with Crippen LogP contribution < -0.4 is 0 Å². The maximum absolute atomic E-state index is 8.67. The summed E-state index contributed by atoms with van der Waals surface area (Å²) in [5.74, 6) is 0. The molecule has 0 aliphatic rings. The average Bonchev–Trinajstić information content (AvgIpc) is 2.50. The first kappa shape index (κ1) is 7.14. The first-order valence-corrected chi connectivity index (χ1v) is 3.63. The molecule has 0 radical (unpaired) electrons. The summed E-state index contributed by atoms with van der Waals surface area (Å²) < 4.78 is 5.07. The second kappa shape index (κ2) is 2.50. The van der Waals surface area contributed by atoms with Gasteiger partial charge in [-0.25, -0.2) is 4.98 Å². The van der Waals surface area contributed by atoms with E-state index in [0.29, 0.717) is 16.7 Å². The van der Waals surface area contributed by atoms with Gasteiger partial charge in [0.15, 0.2) is 5.69 Å². The predicted molar refractivity (Wildman–Crippen MR) is 43.7 cm³/mol. The number of halogens is 1. The van der Waals surface area contributed by atoms with Crippen LogP contribution in [0.3, 0.4) is 0 Å². The molecule has 0 amide bonds. The van der Waals surface area contributed by atoms with Gasteiger partial charge < -0.3 is 4.42 Å². The molecule has 0 aliphatic carbocycles. The number of rotatable bonds is 0. The van der Waals surface area contributed by atoms with Gasteiger partial charge in [0, 0.05) is 6.07 Å². The van der Waals surface area contributed by atoms with Crippen LogP contribution in [0.4, 0.5) is 0 Å². The lowest BCUT2D eigenvalue weighted by atomic mass is 10.2. The van der Waals surface area contributed by atoms with Gasteiger partial charge in [-0.05, 0) is 6.07 Å². The Balaban J connectivity index is 2.91. The lowest BCUT2D eigenvalue weighted by molar-refractivity contribution is 0.615. The van der Waals surface area contributed by atoms with Crippen LogP contribution in [0.5, 0.6) is 0 Å². The summed E-state index contributed by atoms with van der Waals surface area (Å²) in [6, 6.07) is 5.21. The molecule has 0 N–H and O–H groups in total. The molecule has 2 aromatic rings. The van der Waals surface area contributed by atoms with Gasteiger partial charge in [0.2, 0.25) is 0 Å². The van der Waals surface area contributed by atoms with Gasteiger partial charge in [-0.15, -0.1) is 0 Å². The molecule has 0 fully saturated rings. The van der Waals surface area contributed by atoms with Crippen molar-refractivity contribution in [1.82, 2.24) is 4.98 Å². The second-order valence-electron chi connectivity index (χ2n) is 2.24. The highest BCUT2D eigenvalue weighted by Crippen LogP contribution is 2.21. The molecule has 3 nitrogen and oxygen atoms in total. The smallest absolute Gasteiger partial charge is 0.153 e. The Morgan fingerprint density at radius 3 is 3.17 bits per heavy atom. The molecule has 0 spiro atoms. The highest BCUT2D eigenvalue weighted by atomic mass is 35.5. The van der Waals surface area contributed by atoms with Gasteiger partial charge in [0.25, 0.3) is 0 Å². The van der Waals surface area contributed by atoms with Gasteiger partial charge in [-0.1, -0.05) is 11.6 Å². The molecule has 0 bridgehead atoms. The summed E-state index contributed by atoms with van der Waals surface area (Å²) >= 11 is 5.64. The number of hydrogen-bond donors (Lipinski definition) is 0. The topological polar surface area (TPSA) is 49.8 Å². The summed E-state index contributed by atoms with van der Waals surface area (Å²) in [5.41, 5.74) is 0.887. The van der Waals surface area contributed by atoms with Crippen LogP contribution in [-0.2, 0) is 0 Å². The van der Waals surface area contributed by atoms with Crippen molar-refractivity contribution in [3.8, 4) is 6.07 Å². The summed E-state index contributed by atoms with van der Waals surface area (Å²) in [6.45, 7) is 0. The van der Waals surface area contributed by atoms with E-state index in [9.17, 15) is 0 Å². The molecular weight excluding hydrogens is 176 g/mol. The van der Waals surface area contributed by atoms with E-state index >= 15 is 0 Å². The molecule has 12 heavy (non-hydrogen) atoms. The number of hydrogen-bond acceptors (Lipinski definition) is 3. The summed E-state index contributed by atoms with van der Waals surface area (Å²) in [5, 5.41) is 9.63. The van der Waals surface area contributed by atoms with Crippen molar-refractivity contribution in [2.24, 2.45) is 0 Å². The third-order valence-electron chi connectivity index (χ3n) is 1.53. The van der Waals surface area contributed by atoms with Gasteiger partial charge in [0.05, 0.1) is 11.6 Å². The van der Waals surface area contributed by atoms with E-state index in [1.165, 1.54) is 6.26 Å². The molecule has 0 aliphatic heterocycles. The van der Waals surface area contributed by atoms with Crippen LogP contribution in [0.25, 0.3) is 11.0 Å². The minimum absolute atomic E-state index is 0.272. The fraction of sp³-hybridized carbons (Fsp3) is 0. The molecule has 2 rings (SSSR count). The Hall–Kier alpha value is -1.53. The Kier molecular flexibility index (Phi) is 1.49. The van der Waals surface area contributed by atoms with Crippen molar-refractivity contribution in [1.29, 1.82) is 5.26 Å². The van der Waals surface area contributed by atoms with Crippen LogP contribution in [0.15, 0.2) is 22.8 Å². The maximum Gasteiger partial charge on any atom is 0.153 e. The molecule has 58 valence electrons. The minimum atomic E-state index is 0.272. The van der Waals surface area contributed by atoms with Gasteiger partial charge in [0.1, 0.15) is 16.8 Å². The summed E-state index contributed by atoms with van der Waals surface area (Å²) in [4.78, 5) is 3.84. The van der Waals surface area contributed by atoms with Crippen molar-refractivity contribution in [3.63, 3.8) is 0 Å². The number of pyridine rings is 1. The number of fused-ring (bicyclic) bond motifs is 1. The molecule has 2 heterocycles. The van der Waals surface area contributed by atoms with E-state index in [4.69, 9.17) is 21.3 Å². The molecule has 4 heteroatoms. The normalized spacial score (nSPS) is 10.0. The summed E-state index contributed by atoms with van der Waals surface area (Å²) in [6.07, 6.45) is 1.50. The monoisotopic (exact) mass is 178 g/mol. The fourth-order valence-corrected chi connectivity index (χ4v) is 1.20. The van der Waals surface area contributed by atoms with E-state index in [1.807, 2.05) is 6.07 Å². The van der Waals surface area contributed by atoms with Gasteiger partial charge >= 0.3 is 0 Å². The Morgan fingerprint density at radius 1 is 1.58 bits per heavy atom. The lowest BCUT2D eigenvalue weighted by Gasteiger charge is -1.91. The van der Waals surface area contributed by atoms with Crippen LogP contribution in [-0.4, -0.2) is 4.98 Å². The van der Waals surface area contributed by atoms with Crippen molar-refractivity contribution in [2.75, 3.05) is 0 Å². The standard InChI is InChI=1S/C8H3ClN2O/c9-8-3-7-5(1-2-12-7)6(4-10)11-8/h1-3H. The van der Waals surface area contributed by atoms with Crippen molar-refractivity contribution >= 4 is 22.6 Å². The third kappa shape index (κ3) is 0.936. The molecule has 0 saturated heterocycles. The van der Waals surface area contributed by atoms with Crippen molar-refractivity contribution in [3.05, 3.63) is 29.2 Å². The molecule has 0 atom stereocenters. The maximum atomic E-state index is 8.67. The highest BCUT2D eigenvalue weighted by molar-refractivity contribution is 6.30. The quantitative estimate of drug-likeness (QED) is 0.582. The zero-order valence-corrected chi connectivity index (χ0v) is 6.67. The SMILES string of the molecule is N#Cc1nc(Cl)cc2occc12. The number of aromatic nitrogens is 1. The molecule has 0 unspecified atom stereocenters. The zero-order chi connectivity index (χ0) is 8.55. The number of nitrogens with zero attached hydrogens (tertiary/aromatic N) is 2. The Bertz CT molecular complexity index is 469. The zero-order valence-electron chi connectivity index (χ0n) is 5.91. The minimum Gasteiger partial charge on any atom is -0.464 e. The van der Waals surface area contributed by atoms with Crippen molar-refractivity contribution < 1.29 is 4.42 Å². The van der Waals surface area contributed by atoms with E-state index in [-0.39, 0.29) is 5.15 Å². The number of furan rings is 1. The van der Waals surface area contributed by atoms with Gasteiger partial charge in [-0.3, -0.25) is 0 Å². The molecule has 0 saturated carbocycles. The average molecular weight is 179 g/mol. The first-order valence-electron chi connectivity index (χ1n) is 3.25. The van der Waals surface area contributed by atoms with E-state index in [2.05, 4.69) is 4.98 Å². The van der Waals surface area contributed by atoms with E-state index < -0.39 is 0 Å². The number of nitriles is 1. The van der Waals surface area contributed by atoms with E-state index in [0.717, 1.165) is 0 Å². The van der Waals surface area contributed by atoms with Crippen LogP contribution >= 0.6 is 11.6 Å². The fourth-order valence-electron chi connectivity index (χ4n) is 1.02. The van der Waals surface area contributed by atoms with Crippen LogP contribution in [0.1, 0.15) is 5.69 Å². The van der Waals surface area contributed by atoms with Crippen molar-refractivity contribution in [2.45, 2.75) is 0 Å². The molecule has 0 aromatic carbocycles. The predicted octanol–water partition coefficient (Wildman–Crippen LogP) is 2.35. The Morgan fingerprint density at radius 2 is 2.42 bits per heavy atom. The first-order chi connectivity index (χ1) is 5.81. The van der Waals surface area contributed by atoms with Gasteiger partial charge in [-0.2, -0.15) is 5.26 Å². The molecular formula is C8H3ClN2O. The Labute approximate surface area is 73.2 Å². The lowest BCUT2D eigenvalue weighted by Crippen LogP contribution is -1.82. The van der Waals surface area contributed by atoms with Crippen LogP contribution in [0.2, 0.25) is 5.15 Å². The summed E-state index contributed by atoms with van der Waals surface area (Å²) in [7, 11) is 0. The van der Waals surface area contributed by atoms with Crippen LogP contribution in [0, 0.1) is 11.3 Å². The third-order valence-corrected chi connectivity index (χ3v) is 1.72. The van der Waals surface area contributed by atoms with E-state index in [1.54, 1.807) is 12.1 Å². The largest absolute Gasteiger partial charge is 0.464 e. The highest BCUT2D eigenvalue weighted by Gasteiger charge is 2.05.